The van der Waals surface area contributed by atoms with Gasteiger partial charge in [0.05, 0.1) is 5.56 Å². The van der Waals surface area contributed by atoms with E-state index in [0.29, 0.717) is 22.6 Å². The SMILES string of the molecule is CCCc1ccc(C(=O)[C@H](C)OC(=O)c2cccc(Oc3ccccc3)c2)cc1. The van der Waals surface area contributed by atoms with Crippen molar-refractivity contribution in [3.63, 3.8) is 0 Å². The Bertz CT molecular complexity index is 962. The molecule has 29 heavy (non-hydrogen) atoms. The highest BCUT2D eigenvalue weighted by Crippen LogP contribution is 2.22. The van der Waals surface area contributed by atoms with Gasteiger partial charge in [0.25, 0.3) is 0 Å². The molecule has 0 aliphatic rings. The molecule has 0 amide bonds. The zero-order valence-electron chi connectivity index (χ0n) is 16.6. The minimum atomic E-state index is -0.877. The van der Waals surface area contributed by atoms with Crippen LogP contribution < -0.4 is 4.74 Å². The molecule has 0 N–H and O–H groups in total. The van der Waals surface area contributed by atoms with Crippen molar-refractivity contribution in [1.82, 2.24) is 0 Å². The molecule has 0 bridgehead atoms. The number of hydrogen-bond donors (Lipinski definition) is 0. The summed E-state index contributed by atoms with van der Waals surface area (Å²) in [7, 11) is 0. The standard InChI is InChI=1S/C25H24O4/c1-3-8-19-13-15-20(16-14-19)24(26)18(2)28-25(27)21-9-7-12-23(17-21)29-22-10-5-4-6-11-22/h4-7,9-18H,3,8H2,1-2H3/t18-/m0/s1. The van der Waals surface area contributed by atoms with Crippen molar-refractivity contribution in [2.75, 3.05) is 0 Å². The third-order valence-electron chi connectivity index (χ3n) is 4.48. The molecular weight excluding hydrogens is 364 g/mol. The Morgan fingerprint density at radius 3 is 2.21 bits per heavy atom. The predicted octanol–water partition coefficient (Wildman–Crippen LogP) is 5.86. The van der Waals surface area contributed by atoms with E-state index >= 15 is 0 Å². The van der Waals surface area contributed by atoms with Crippen LogP contribution in [0.15, 0.2) is 78.9 Å². The molecule has 3 aromatic rings. The number of carbonyl (C=O) groups excluding carboxylic acids is 2. The van der Waals surface area contributed by atoms with Gasteiger partial charge in [-0.25, -0.2) is 4.79 Å². The third kappa shape index (κ3) is 5.55. The Kier molecular flexibility index (Phi) is 6.80. The second-order valence-electron chi connectivity index (χ2n) is 6.80. The maximum atomic E-state index is 12.6. The maximum absolute atomic E-state index is 12.6. The van der Waals surface area contributed by atoms with E-state index in [2.05, 4.69) is 6.92 Å². The second-order valence-corrected chi connectivity index (χ2v) is 6.80. The van der Waals surface area contributed by atoms with Crippen LogP contribution in [0.4, 0.5) is 0 Å². The van der Waals surface area contributed by atoms with Crippen LogP contribution in [-0.4, -0.2) is 17.9 Å². The van der Waals surface area contributed by atoms with Crippen molar-refractivity contribution in [1.29, 1.82) is 0 Å². The molecule has 148 valence electrons. The first-order chi connectivity index (χ1) is 14.1. The monoisotopic (exact) mass is 388 g/mol. The molecule has 0 aliphatic heterocycles. The molecule has 0 fully saturated rings. The largest absolute Gasteiger partial charge is 0.457 e. The number of ether oxygens (including phenoxy) is 2. The lowest BCUT2D eigenvalue weighted by atomic mass is 10.0. The van der Waals surface area contributed by atoms with Gasteiger partial charge in [-0.3, -0.25) is 4.79 Å². The van der Waals surface area contributed by atoms with Gasteiger partial charge in [0.1, 0.15) is 11.5 Å². The molecule has 0 spiro atoms. The minimum Gasteiger partial charge on any atom is -0.457 e. The van der Waals surface area contributed by atoms with Crippen LogP contribution >= 0.6 is 0 Å². The molecule has 0 saturated carbocycles. The van der Waals surface area contributed by atoms with Crippen molar-refractivity contribution in [3.8, 4) is 11.5 Å². The van der Waals surface area contributed by atoms with Gasteiger partial charge >= 0.3 is 5.97 Å². The molecule has 3 rings (SSSR count). The number of benzene rings is 3. The fourth-order valence-electron chi connectivity index (χ4n) is 2.95. The first kappa shape index (κ1) is 20.3. The van der Waals surface area contributed by atoms with Crippen molar-refractivity contribution >= 4 is 11.8 Å². The highest BCUT2D eigenvalue weighted by atomic mass is 16.5. The number of aryl methyl sites for hydroxylation is 1. The van der Waals surface area contributed by atoms with Gasteiger partial charge in [-0.1, -0.05) is 61.9 Å². The molecule has 0 unspecified atom stereocenters. The number of rotatable bonds is 8. The molecular formula is C25H24O4. The van der Waals surface area contributed by atoms with Gasteiger partial charge < -0.3 is 9.47 Å². The van der Waals surface area contributed by atoms with E-state index in [1.165, 1.54) is 5.56 Å². The van der Waals surface area contributed by atoms with E-state index in [1.54, 1.807) is 43.3 Å². The van der Waals surface area contributed by atoms with Gasteiger partial charge in [-0.05, 0) is 49.2 Å². The normalized spacial score (nSPS) is 11.5. The average Bonchev–Trinajstić information content (AvgIpc) is 2.75. The summed E-state index contributed by atoms with van der Waals surface area (Å²) in [6.07, 6.45) is 1.15. The van der Waals surface area contributed by atoms with E-state index in [0.717, 1.165) is 12.8 Å². The number of carbonyl (C=O) groups is 2. The molecule has 3 aromatic carbocycles. The molecule has 0 aromatic heterocycles. The molecule has 0 aliphatic carbocycles. The van der Waals surface area contributed by atoms with E-state index in [4.69, 9.17) is 9.47 Å². The third-order valence-corrected chi connectivity index (χ3v) is 4.48. The summed E-state index contributed by atoms with van der Waals surface area (Å²) in [5.41, 5.74) is 2.05. The second kappa shape index (κ2) is 9.69. The summed E-state index contributed by atoms with van der Waals surface area (Å²) in [6, 6.07) is 23.5. The predicted molar refractivity (Wildman–Crippen MR) is 113 cm³/mol. The topological polar surface area (TPSA) is 52.6 Å². The molecule has 0 saturated heterocycles. The van der Waals surface area contributed by atoms with Gasteiger partial charge in [0.15, 0.2) is 6.10 Å². The summed E-state index contributed by atoms with van der Waals surface area (Å²) < 4.78 is 11.1. The number of ketones is 1. The minimum absolute atomic E-state index is 0.224. The number of para-hydroxylation sites is 1. The number of hydrogen-bond acceptors (Lipinski definition) is 4. The van der Waals surface area contributed by atoms with Crippen molar-refractivity contribution in [3.05, 3.63) is 95.6 Å². The summed E-state index contributed by atoms with van der Waals surface area (Å²) in [5.74, 6) is 0.411. The van der Waals surface area contributed by atoms with Gasteiger partial charge in [-0.2, -0.15) is 0 Å². The van der Waals surface area contributed by atoms with E-state index in [-0.39, 0.29) is 5.78 Å². The lowest BCUT2D eigenvalue weighted by molar-refractivity contribution is 0.0318. The summed E-state index contributed by atoms with van der Waals surface area (Å²) >= 11 is 0. The van der Waals surface area contributed by atoms with Crippen molar-refractivity contribution in [2.24, 2.45) is 0 Å². The van der Waals surface area contributed by atoms with Crippen LogP contribution in [-0.2, 0) is 11.2 Å². The van der Waals surface area contributed by atoms with Crippen LogP contribution in [0.2, 0.25) is 0 Å². The summed E-state index contributed by atoms with van der Waals surface area (Å²) in [4.78, 5) is 25.1. The summed E-state index contributed by atoms with van der Waals surface area (Å²) in [5, 5.41) is 0. The molecule has 0 radical (unpaired) electrons. The van der Waals surface area contributed by atoms with Crippen LogP contribution in [0.25, 0.3) is 0 Å². The Labute approximate surface area is 171 Å². The zero-order valence-corrected chi connectivity index (χ0v) is 16.6. The van der Waals surface area contributed by atoms with E-state index in [9.17, 15) is 9.59 Å². The first-order valence-electron chi connectivity index (χ1n) is 9.74. The fraction of sp³-hybridized carbons (Fsp3) is 0.200. The highest BCUT2D eigenvalue weighted by Gasteiger charge is 2.20. The Morgan fingerprint density at radius 1 is 0.828 bits per heavy atom. The van der Waals surface area contributed by atoms with Crippen LogP contribution in [0, 0.1) is 0 Å². The van der Waals surface area contributed by atoms with Crippen LogP contribution in [0.5, 0.6) is 11.5 Å². The van der Waals surface area contributed by atoms with Gasteiger partial charge in [0.2, 0.25) is 5.78 Å². The average molecular weight is 388 g/mol. The highest BCUT2D eigenvalue weighted by molar-refractivity contribution is 6.01. The van der Waals surface area contributed by atoms with Crippen LogP contribution in [0.1, 0.15) is 46.5 Å². The van der Waals surface area contributed by atoms with E-state index in [1.807, 2.05) is 42.5 Å². The molecule has 1 atom stereocenters. The smallest absolute Gasteiger partial charge is 0.338 e. The fourth-order valence-corrected chi connectivity index (χ4v) is 2.95. The Balaban J connectivity index is 1.64. The number of Topliss-reactive ketones (excluding diaryl/α,β-unsaturated/α-hetero) is 1. The number of esters is 1. The lowest BCUT2D eigenvalue weighted by Crippen LogP contribution is -2.24. The molecule has 4 heteroatoms. The van der Waals surface area contributed by atoms with Crippen molar-refractivity contribution < 1.29 is 19.1 Å². The van der Waals surface area contributed by atoms with E-state index < -0.39 is 12.1 Å². The van der Waals surface area contributed by atoms with Crippen LogP contribution in [0.3, 0.4) is 0 Å². The lowest BCUT2D eigenvalue weighted by Gasteiger charge is -2.13. The maximum Gasteiger partial charge on any atom is 0.338 e. The zero-order chi connectivity index (χ0) is 20.6. The summed E-state index contributed by atoms with van der Waals surface area (Å²) in [6.45, 7) is 3.70. The first-order valence-corrected chi connectivity index (χ1v) is 9.74. The van der Waals surface area contributed by atoms with Gasteiger partial charge in [0, 0.05) is 5.56 Å². The van der Waals surface area contributed by atoms with Gasteiger partial charge in [-0.15, -0.1) is 0 Å². The molecule has 4 nitrogen and oxygen atoms in total. The Hall–Kier alpha value is -3.40. The quantitative estimate of drug-likeness (QED) is 0.358. The van der Waals surface area contributed by atoms with Crippen molar-refractivity contribution in [2.45, 2.75) is 32.8 Å². The Morgan fingerprint density at radius 2 is 1.52 bits per heavy atom. The molecule has 0 heterocycles.